The SMILES string of the molecule is CCNC(=NCc1ccc2c(c1)CCC2)NCC1CC(=O)Nc2ccccc21.I. The van der Waals surface area contributed by atoms with Crippen LogP contribution in [-0.4, -0.2) is 25.0 Å². The summed E-state index contributed by atoms with van der Waals surface area (Å²) in [4.78, 5) is 16.8. The van der Waals surface area contributed by atoms with E-state index >= 15 is 0 Å². The zero-order valence-electron chi connectivity index (χ0n) is 16.8. The number of aryl methyl sites for hydroxylation is 2. The zero-order chi connectivity index (χ0) is 19.3. The number of hydrogen-bond acceptors (Lipinski definition) is 2. The van der Waals surface area contributed by atoms with Crippen molar-refractivity contribution < 1.29 is 4.79 Å². The first-order valence-electron chi connectivity index (χ1n) is 10.2. The molecule has 0 bridgehead atoms. The van der Waals surface area contributed by atoms with Gasteiger partial charge in [0, 0.05) is 31.1 Å². The molecular weight excluding hydrogens is 475 g/mol. The lowest BCUT2D eigenvalue weighted by Gasteiger charge is -2.26. The Bertz CT molecular complexity index is 896. The monoisotopic (exact) mass is 504 g/mol. The number of hydrogen-bond donors (Lipinski definition) is 3. The van der Waals surface area contributed by atoms with Crippen molar-refractivity contribution in [3.8, 4) is 0 Å². The van der Waals surface area contributed by atoms with Crippen LogP contribution in [0, 0.1) is 0 Å². The highest BCUT2D eigenvalue weighted by Gasteiger charge is 2.24. The van der Waals surface area contributed by atoms with Crippen molar-refractivity contribution in [3.63, 3.8) is 0 Å². The summed E-state index contributed by atoms with van der Waals surface area (Å²) in [6, 6.07) is 14.8. The number of anilines is 1. The number of benzene rings is 2. The number of carbonyl (C=O) groups is 1. The van der Waals surface area contributed by atoms with Gasteiger partial charge in [0.05, 0.1) is 6.54 Å². The van der Waals surface area contributed by atoms with Crippen molar-refractivity contribution in [1.82, 2.24) is 10.6 Å². The van der Waals surface area contributed by atoms with Crippen LogP contribution in [0.4, 0.5) is 5.69 Å². The molecular formula is C23H29IN4O. The Morgan fingerprint density at radius 3 is 2.83 bits per heavy atom. The van der Waals surface area contributed by atoms with Crippen molar-refractivity contribution in [3.05, 3.63) is 64.7 Å². The van der Waals surface area contributed by atoms with Gasteiger partial charge < -0.3 is 16.0 Å². The highest BCUT2D eigenvalue weighted by Crippen LogP contribution is 2.31. The Hall–Kier alpha value is -2.09. The van der Waals surface area contributed by atoms with E-state index in [1.807, 2.05) is 18.2 Å². The number of halogens is 1. The Labute approximate surface area is 189 Å². The fourth-order valence-corrected chi connectivity index (χ4v) is 4.14. The standard InChI is InChI=1S/C23H28N4O.HI/c1-2-24-23(25-14-16-10-11-17-6-5-7-18(17)12-16)26-15-19-13-22(28)27-21-9-4-3-8-20(19)21;/h3-4,8-12,19H,2,5-7,13-15H2,1H3,(H,27,28)(H2,24,25,26);1H. The first kappa shape index (κ1) is 21.6. The van der Waals surface area contributed by atoms with Crippen molar-refractivity contribution in [2.75, 3.05) is 18.4 Å². The van der Waals surface area contributed by atoms with Crippen molar-refractivity contribution >= 4 is 41.5 Å². The quantitative estimate of drug-likeness (QED) is 0.328. The third kappa shape index (κ3) is 5.29. The molecule has 29 heavy (non-hydrogen) atoms. The van der Waals surface area contributed by atoms with Gasteiger partial charge >= 0.3 is 0 Å². The van der Waals surface area contributed by atoms with E-state index in [-0.39, 0.29) is 35.8 Å². The van der Waals surface area contributed by atoms with Crippen LogP contribution < -0.4 is 16.0 Å². The number of rotatable bonds is 5. The average Bonchev–Trinajstić information content (AvgIpc) is 3.17. The van der Waals surface area contributed by atoms with Crippen LogP contribution in [0.15, 0.2) is 47.5 Å². The summed E-state index contributed by atoms with van der Waals surface area (Å²) in [5.41, 5.74) is 6.33. The Morgan fingerprint density at radius 1 is 1.14 bits per heavy atom. The van der Waals surface area contributed by atoms with Crippen LogP contribution in [0.2, 0.25) is 0 Å². The van der Waals surface area contributed by atoms with Gasteiger partial charge in [-0.2, -0.15) is 0 Å². The zero-order valence-corrected chi connectivity index (χ0v) is 19.2. The molecule has 0 spiro atoms. The van der Waals surface area contributed by atoms with Crippen LogP contribution in [0.3, 0.4) is 0 Å². The van der Waals surface area contributed by atoms with Crippen LogP contribution in [-0.2, 0) is 24.2 Å². The molecule has 5 nitrogen and oxygen atoms in total. The summed E-state index contributed by atoms with van der Waals surface area (Å²) < 4.78 is 0. The summed E-state index contributed by atoms with van der Waals surface area (Å²) >= 11 is 0. The van der Waals surface area contributed by atoms with Crippen LogP contribution in [0.25, 0.3) is 0 Å². The van der Waals surface area contributed by atoms with Crippen LogP contribution >= 0.6 is 24.0 Å². The van der Waals surface area contributed by atoms with Gasteiger partial charge in [0.25, 0.3) is 0 Å². The fraction of sp³-hybridized carbons (Fsp3) is 0.391. The molecule has 1 amide bonds. The Morgan fingerprint density at radius 2 is 1.97 bits per heavy atom. The van der Waals surface area contributed by atoms with Crippen LogP contribution in [0.1, 0.15) is 47.9 Å². The number of guanidine groups is 1. The molecule has 6 heteroatoms. The first-order chi connectivity index (χ1) is 13.7. The Kier molecular flexibility index (Phi) is 7.52. The first-order valence-corrected chi connectivity index (χ1v) is 10.2. The number of para-hydroxylation sites is 1. The van der Waals surface area contributed by atoms with E-state index in [9.17, 15) is 4.79 Å². The largest absolute Gasteiger partial charge is 0.357 e. The number of fused-ring (bicyclic) bond motifs is 2. The molecule has 0 saturated heterocycles. The van der Waals surface area contributed by atoms with Gasteiger partial charge in [-0.1, -0.05) is 36.4 Å². The fourth-order valence-electron chi connectivity index (χ4n) is 4.14. The lowest BCUT2D eigenvalue weighted by molar-refractivity contribution is -0.116. The Balaban J connectivity index is 0.00000240. The highest BCUT2D eigenvalue weighted by molar-refractivity contribution is 14.0. The number of nitrogens with zero attached hydrogens (tertiary/aromatic N) is 1. The molecule has 4 rings (SSSR count). The third-order valence-electron chi connectivity index (χ3n) is 5.55. The van der Waals surface area contributed by atoms with E-state index in [1.54, 1.807) is 0 Å². The normalized spacial score (nSPS) is 17.6. The minimum atomic E-state index is 0. The maximum Gasteiger partial charge on any atom is 0.225 e. The molecule has 154 valence electrons. The second-order valence-electron chi connectivity index (χ2n) is 7.57. The summed E-state index contributed by atoms with van der Waals surface area (Å²) in [5.74, 6) is 1.02. The van der Waals surface area contributed by atoms with Gasteiger partial charge in [-0.05, 0) is 54.5 Å². The molecule has 1 aliphatic carbocycles. The molecule has 3 N–H and O–H groups in total. The smallest absolute Gasteiger partial charge is 0.225 e. The predicted octanol–water partition coefficient (Wildman–Crippen LogP) is 3.97. The lowest BCUT2D eigenvalue weighted by Crippen LogP contribution is -2.40. The van der Waals surface area contributed by atoms with Crippen LogP contribution in [0.5, 0.6) is 0 Å². The van der Waals surface area contributed by atoms with Gasteiger partial charge in [-0.15, -0.1) is 24.0 Å². The molecule has 1 atom stereocenters. The molecule has 2 aliphatic rings. The van der Waals surface area contributed by atoms with Gasteiger partial charge in [0.15, 0.2) is 5.96 Å². The summed E-state index contributed by atoms with van der Waals surface area (Å²) in [5, 5.41) is 9.71. The lowest BCUT2D eigenvalue weighted by atomic mass is 9.90. The molecule has 0 fully saturated rings. The van der Waals surface area contributed by atoms with Gasteiger partial charge in [0.2, 0.25) is 5.91 Å². The topological polar surface area (TPSA) is 65.5 Å². The molecule has 1 aliphatic heterocycles. The predicted molar refractivity (Wildman–Crippen MR) is 129 cm³/mol. The second kappa shape index (κ2) is 10.1. The van der Waals surface area contributed by atoms with Crippen molar-refractivity contribution in [2.45, 2.75) is 45.1 Å². The highest BCUT2D eigenvalue weighted by atomic mass is 127. The minimum Gasteiger partial charge on any atom is -0.357 e. The molecule has 0 radical (unpaired) electrons. The van der Waals surface area contributed by atoms with E-state index in [4.69, 9.17) is 4.99 Å². The molecule has 0 saturated carbocycles. The second-order valence-corrected chi connectivity index (χ2v) is 7.57. The number of nitrogens with one attached hydrogen (secondary N) is 3. The summed E-state index contributed by atoms with van der Waals surface area (Å²) in [6.07, 6.45) is 4.16. The van der Waals surface area contributed by atoms with E-state index in [0.717, 1.165) is 18.2 Å². The number of amides is 1. The van der Waals surface area contributed by atoms with E-state index in [2.05, 4.69) is 47.1 Å². The molecule has 1 unspecified atom stereocenters. The summed E-state index contributed by atoms with van der Waals surface area (Å²) in [6.45, 7) is 4.21. The third-order valence-corrected chi connectivity index (χ3v) is 5.55. The van der Waals surface area contributed by atoms with E-state index in [0.29, 0.717) is 19.5 Å². The average molecular weight is 504 g/mol. The summed E-state index contributed by atoms with van der Waals surface area (Å²) in [7, 11) is 0. The van der Waals surface area contributed by atoms with Gasteiger partial charge in [-0.3, -0.25) is 4.79 Å². The van der Waals surface area contributed by atoms with Gasteiger partial charge in [-0.25, -0.2) is 4.99 Å². The number of carbonyl (C=O) groups excluding carboxylic acids is 1. The molecule has 1 heterocycles. The molecule has 2 aromatic carbocycles. The van der Waals surface area contributed by atoms with E-state index < -0.39 is 0 Å². The molecule has 0 aromatic heterocycles. The minimum absolute atomic E-state index is 0. The van der Waals surface area contributed by atoms with Crippen molar-refractivity contribution in [2.24, 2.45) is 4.99 Å². The maximum atomic E-state index is 12.0. The maximum absolute atomic E-state index is 12.0. The molecule has 2 aromatic rings. The number of aliphatic imine (C=N–C) groups is 1. The van der Waals surface area contributed by atoms with Crippen molar-refractivity contribution in [1.29, 1.82) is 0 Å². The van der Waals surface area contributed by atoms with Gasteiger partial charge in [0.1, 0.15) is 0 Å². The van der Waals surface area contributed by atoms with E-state index in [1.165, 1.54) is 41.5 Å².